The van der Waals surface area contributed by atoms with Gasteiger partial charge >= 0.3 is 0 Å². The Morgan fingerprint density at radius 1 is 1.35 bits per heavy atom. The second-order valence-electron chi connectivity index (χ2n) is 5.52. The summed E-state index contributed by atoms with van der Waals surface area (Å²) < 4.78 is 0. The van der Waals surface area contributed by atoms with Gasteiger partial charge in [-0.2, -0.15) is 0 Å². The largest absolute Gasteiger partial charge is 0.352 e. The normalized spacial score (nSPS) is 18.7. The van der Waals surface area contributed by atoms with E-state index in [1.54, 1.807) is 11.8 Å². The molecule has 110 valence electrons. The highest BCUT2D eigenvalue weighted by molar-refractivity contribution is 7.99. The number of thioether (sulfide) groups is 1. The van der Waals surface area contributed by atoms with E-state index in [1.807, 2.05) is 25.1 Å². The number of likely N-dealkylation sites (tertiary alicyclic amines) is 1. The number of piperidine rings is 1. The smallest absolute Gasteiger partial charge is 0.233 e. The van der Waals surface area contributed by atoms with Gasteiger partial charge in [-0.1, -0.05) is 30.3 Å². The Labute approximate surface area is 126 Å². The summed E-state index contributed by atoms with van der Waals surface area (Å²) in [4.78, 5) is 14.5. The van der Waals surface area contributed by atoms with Crippen LogP contribution < -0.4 is 5.32 Å². The Kier molecular flexibility index (Phi) is 5.92. The van der Waals surface area contributed by atoms with Crippen LogP contribution in [0.2, 0.25) is 0 Å². The second-order valence-corrected chi connectivity index (χ2v) is 6.85. The molecule has 3 nitrogen and oxygen atoms in total. The van der Waals surface area contributed by atoms with E-state index in [2.05, 4.69) is 29.4 Å². The van der Waals surface area contributed by atoms with Crippen LogP contribution in [-0.4, -0.2) is 42.2 Å². The Bertz CT molecular complexity index is 416. The van der Waals surface area contributed by atoms with E-state index in [9.17, 15) is 4.79 Å². The van der Waals surface area contributed by atoms with E-state index in [0.717, 1.165) is 31.7 Å². The first kappa shape index (κ1) is 15.4. The van der Waals surface area contributed by atoms with Crippen LogP contribution >= 0.6 is 11.8 Å². The van der Waals surface area contributed by atoms with Gasteiger partial charge in [0.2, 0.25) is 5.91 Å². The molecule has 1 heterocycles. The second kappa shape index (κ2) is 7.70. The molecule has 0 saturated carbocycles. The molecule has 1 aliphatic rings. The summed E-state index contributed by atoms with van der Waals surface area (Å²) in [5.74, 6) is 1.07. The van der Waals surface area contributed by atoms with E-state index in [4.69, 9.17) is 0 Å². The van der Waals surface area contributed by atoms with Crippen molar-refractivity contribution in [2.45, 2.75) is 36.8 Å². The average Bonchev–Trinajstić information content (AvgIpc) is 2.48. The number of carbonyl (C=O) groups excluding carboxylic acids is 1. The molecular formula is C16H24N2OS. The Hall–Kier alpha value is -1.00. The molecule has 1 fully saturated rings. The molecule has 1 aliphatic heterocycles. The third kappa shape index (κ3) is 4.84. The van der Waals surface area contributed by atoms with Gasteiger partial charge in [0, 0.05) is 11.8 Å². The number of rotatable bonds is 5. The van der Waals surface area contributed by atoms with Gasteiger partial charge in [0.25, 0.3) is 0 Å². The monoisotopic (exact) mass is 292 g/mol. The number of nitrogens with one attached hydrogen (secondary N) is 1. The summed E-state index contributed by atoms with van der Waals surface area (Å²) in [5.41, 5.74) is 1.27. The summed E-state index contributed by atoms with van der Waals surface area (Å²) in [7, 11) is 2.14. The molecular weight excluding hydrogens is 268 g/mol. The van der Waals surface area contributed by atoms with Crippen LogP contribution in [-0.2, 0) is 10.5 Å². The van der Waals surface area contributed by atoms with E-state index < -0.39 is 0 Å². The highest BCUT2D eigenvalue weighted by atomic mass is 32.2. The van der Waals surface area contributed by atoms with Gasteiger partial charge in [-0.15, -0.1) is 11.8 Å². The Morgan fingerprint density at radius 2 is 2.00 bits per heavy atom. The van der Waals surface area contributed by atoms with Crippen LogP contribution in [0.15, 0.2) is 30.3 Å². The molecule has 4 heteroatoms. The Balaban J connectivity index is 1.72. The quantitative estimate of drug-likeness (QED) is 0.905. The molecule has 0 spiro atoms. The molecule has 20 heavy (non-hydrogen) atoms. The summed E-state index contributed by atoms with van der Waals surface area (Å²) >= 11 is 1.70. The first-order valence-corrected chi connectivity index (χ1v) is 8.34. The minimum atomic E-state index is 0.00913. The van der Waals surface area contributed by atoms with Gasteiger partial charge in [0.1, 0.15) is 0 Å². The van der Waals surface area contributed by atoms with E-state index >= 15 is 0 Å². The number of carbonyl (C=O) groups is 1. The van der Waals surface area contributed by atoms with Crippen LogP contribution in [0.1, 0.15) is 25.3 Å². The maximum atomic E-state index is 12.2. The molecule has 0 bridgehead atoms. The highest BCUT2D eigenvalue weighted by Crippen LogP contribution is 2.18. The summed E-state index contributed by atoms with van der Waals surface area (Å²) in [6.45, 7) is 4.16. The fourth-order valence-electron chi connectivity index (χ4n) is 2.34. The van der Waals surface area contributed by atoms with Crippen LogP contribution in [0.5, 0.6) is 0 Å². The number of benzene rings is 1. The predicted octanol–water partition coefficient (Wildman–Crippen LogP) is 2.52. The molecule has 0 radical (unpaired) electrons. The maximum absolute atomic E-state index is 12.2. The molecule has 0 aromatic heterocycles. The lowest BCUT2D eigenvalue weighted by atomic mass is 10.1. The third-order valence-corrected chi connectivity index (χ3v) is 4.99. The zero-order chi connectivity index (χ0) is 14.4. The standard InChI is InChI=1S/C16H24N2OS/c1-13(20-12-14-6-4-3-5-7-14)16(19)17-15-8-10-18(2)11-9-15/h3-7,13,15H,8-12H2,1-2H3,(H,17,19). The minimum Gasteiger partial charge on any atom is -0.352 e. The van der Waals surface area contributed by atoms with Gasteiger partial charge in [0.05, 0.1) is 5.25 Å². The van der Waals surface area contributed by atoms with Gasteiger partial charge in [-0.05, 0) is 45.5 Å². The Morgan fingerprint density at radius 3 is 2.65 bits per heavy atom. The summed E-state index contributed by atoms with van der Waals surface area (Å²) in [6, 6.07) is 10.7. The molecule has 0 aliphatic carbocycles. The highest BCUT2D eigenvalue weighted by Gasteiger charge is 2.21. The average molecular weight is 292 g/mol. The van der Waals surface area contributed by atoms with Crippen molar-refractivity contribution >= 4 is 17.7 Å². The topological polar surface area (TPSA) is 32.3 Å². The molecule has 1 amide bonds. The van der Waals surface area contributed by atoms with Crippen LogP contribution in [0.25, 0.3) is 0 Å². The molecule has 2 rings (SSSR count). The van der Waals surface area contributed by atoms with Crippen molar-refractivity contribution in [3.8, 4) is 0 Å². The van der Waals surface area contributed by atoms with Crippen molar-refractivity contribution < 1.29 is 4.79 Å². The van der Waals surface area contributed by atoms with Crippen molar-refractivity contribution in [2.24, 2.45) is 0 Å². The molecule has 1 unspecified atom stereocenters. The van der Waals surface area contributed by atoms with Crippen LogP contribution in [0, 0.1) is 0 Å². The third-order valence-electron chi connectivity index (χ3n) is 3.78. The maximum Gasteiger partial charge on any atom is 0.233 e. The van der Waals surface area contributed by atoms with Crippen molar-refractivity contribution in [1.29, 1.82) is 0 Å². The van der Waals surface area contributed by atoms with Crippen molar-refractivity contribution in [1.82, 2.24) is 10.2 Å². The van der Waals surface area contributed by atoms with Gasteiger partial charge in [-0.3, -0.25) is 4.79 Å². The van der Waals surface area contributed by atoms with Gasteiger partial charge < -0.3 is 10.2 Å². The van der Waals surface area contributed by atoms with Crippen molar-refractivity contribution in [3.63, 3.8) is 0 Å². The van der Waals surface area contributed by atoms with E-state index in [0.29, 0.717) is 6.04 Å². The molecule has 1 aromatic carbocycles. The SMILES string of the molecule is CC(SCc1ccccc1)C(=O)NC1CCN(C)CC1. The first-order chi connectivity index (χ1) is 9.65. The first-order valence-electron chi connectivity index (χ1n) is 7.29. The van der Waals surface area contributed by atoms with E-state index in [-0.39, 0.29) is 11.2 Å². The number of amides is 1. The van der Waals surface area contributed by atoms with Crippen LogP contribution in [0.3, 0.4) is 0 Å². The lowest BCUT2D eigenvalue weighted by Gasteiger charge is -2.30. The molecule has 1 atom stereocenters. The van der Waals surface area contributed by atoms with Gasteiger partial charge in [-0.25, -0.2) is 0 Å². The molecule has 1 aromatic rings. The fraction of sp³-hybridized carbons (Fsp3) is 0.562. The predicted molar refractivity (Wildman–Crippen MR) is 85.9 cm³/mol. The van der Waals surface area contributed by atoms with E-state index in [1.165, 1.54) is 5.56 Å². The van der Waals surface area contributed by atoms with Crippen molar-refractivity contribution in [2.75, 3.05) is 20.1 Å². The van der Waals surface area contributed by atoms with Crippen molar-refractivity contribution in [3.05, 3.63) is 35.9 Å². The lowest BCUT2D eigenvalue weighted by molar-refractivity contribution is -0.121. The number of hydrogen-bond acceptors (Lipinski definition) is 3. The lowest BCUT2D eigenvalue weighted by Crippen LogP contribution is -2.45. The number of nitrogens with zero attached hydrogens (tertiary/aromatic N) is 1. The summed E-state index contributed by atoms with van der Waals surface area (Å²) in [6.07, 6.45) is 2.14. The van der Waals surface area contributed by atoms with Crippen LogP contribution in [0.4, 0.5) is 0 Å². The summed E-state index contributed by atoms with van der Waals surface area (Å²) in [5, 5.41) is 3.20. The zero-order valence-electron chi connectivity index (χ0n) is 12.3. The minimum absolute atomic E-state index is 0.00913. The zero-order valence-corrected chi connectivity index (χ0v) is 13.2. The fourth-order valence-corrected chi connectivity index (χ4v) is 3.20. The van der Waals surface area contributed by atoms with Gasteiger partial charge in [0.15, 0.2) is 0 Å². The molecule has 1 N–H and O–H groups in total. The number of hydrogen-bond donors (Lipinski definition) is 1. The molecule has 1 saturated heterocycles.